The van der Waals surface area contributed by atoms with Crippen molar-refractivity contribution >= 4 is 33.2 Å². The first-order chi connectivity index (χ1) is 11.6. The maximum Gasteiger partial charge on any atom is 0.231 e. The largest absolute Gasteiger partial charge is 0.454 e. The molecule has 2 aromatic rings. The van der Waals surface area contributed by atoms with Crippen molar-refractivity contribution in [3.63, 3.8) is 0 Å². The highest BCUT2D eigenvalue weighted by Crippen LogP contribution is 2.39. The number of hydrogen-bond donors (Lipinski definition) is 2. The second-order valence-corrected chi connectivity index (χ2v) is 7.47. The van der Waals surface area contributed by atoms with E-state index in [-0.39, 0.29) is 6.79 Å². The van der Waals surface area contributed by atoms with E-state index < -0.39 is 0 Å². The summed E-state index contributed by atoms with van der Waals surface area (Å²) in [6.45, 7) is 5.66. The first kappa shape index (κ1) is 17.0. The minimum Gasteiger partial charge on any atom is -0.454 e. The highest BCUT2D eigenvalue weighted by Gasteiger charge is 2.18. The van der Waals surface area contributed by atoms with Crippen LogP contribution in [0.4, 0.5) is 0 Å². The van der Waals surface area contributed by atoms with Gasteiger partial charge < -0.3 is 20.1 Å². The van der Waals surface area contributed by atoms with Gasteiger partial charge in [-0.1, -0.05) is 0 Å². The van der Waals surface area contributed by atoms with Crippen LogP contribution in [0.1, 0.15) is 21.1 Å². The number of hydrogen-bond acceptors (Lipinski definition) is 5. The summed E-state index contributed by atoms with van der Waals surface area (Å²) in [4.78, 5) is 9.92. The summed E-state index contributed by atoms with van der Waals surface area (Å²) in [7, 11) is 1.76. The van der Waals surface area contributed by atoms with Gasteiger partial charge in [-0.3, -0.25) is 4.99 Å². The average Bonchev–Trinajstić information content (AvgIpc) is 3.14. The van der Waals surface area contributed by atoms with Gasteiger partial charge in [0.1, 0.15) is 0 Å². The minimum absolute atomic E-state index is 0.266. The van der Waals surface area contributed by atoms with Gasteiger partial charge in [-0.2, -0.15) is 0 Å². The molecule has 0 aliphatic carbocycles. The molecule has 0 atom stereocenters. The van der Waals surface area contributed by atoms with Crippen molar-refractivity contribution in [2.24, 2.45) is 4.99 Å². The first-order valence-electron chi connectivity index (χ1n) is 7.52. The molecule has 0 fully saturated rings. The fraction of sp³-hybridized carbons (Fsp3) is 0.375. The van der Waals surface area contributed by atoms with Gasteiger partial charge in [0.2, 0.25) is 6.79 Å². The fourth-order valence-corrected chi connectivity index (χ4v) is 3.91. The van der Waals surface area contributed by atoms with E-state index in [0.29, 0.717) is 13.1 Å². The Hall–Kier alpha value is -1.80. The number of rotatable bonds is 4. The van der Waals surface area contributed by atoms with E-state index in [2.05, 4.69) is 36.5 Å². The zero-order chi connectivity index (χ0) is 17.1. The normalized spacial score (nSPS) is 13.2. The molecule has 8 heteroatoms. The second kappa shape index (κ2) is 7.40. The molecule has 1 aromatic heterocycles. The number of guanidine groups is 1. The summed E-state index contributed by atoms with van der Waals surface area (Å²) in [6.07, 6.45) is 0. The summed E-state index contributed by atoms with van der Waals surface area (Å²) < 4.78 is 11.7. The van der Waals surface area contributed by atoms with Crippen LogP contribution in [0.5, 0.6) is 11.5 Å². The van der Waals surface area contributed by atoms with Crippen LogP contribution in [0, 0.1) is 13.8 Å². The summed E-state index contributed by atoms with van der Waals surface area (Å²) in [6, 6.07) is 3.99. The van der Waals surface area contributed by atoms with Crippen LogP contribution in [0.25, 0.3) is 0 Å². The Morgan fingerprint density at radius 2 is 2.08 bits per heavy atom. The maximum atomic E-state index is 5.44. The molecule has 128 valence electrons. The Morgan fingerprint density at radius 1 is 1.29 bits per heavy atom. The van der Waals surface area contributed by atoms with Crippen LogP contribution in [0.15, 0.2) is 21.6 Å². The van der Waals surface area contributed by atoms with Gasteiger partial charge in [0.25, 0.3) is 0 Å². The SMILES string of the molecule is CN=C(NCc1cc(Br)c2c(c1)OCO2)NCc1sc(C)nc1C. The van der Waals surface area contributed by atoms with Crippen molar-refractivity contribution in [1.82, 2.24) is 15.6 Å². The molecule has 2 heterocycles. The predicted molar refractivity (Wildman–Crippen MR) is 98.9 cm³/mol. The lowest BCUT2D eigenvalue weighted by Gasteiger charge is -2.12. The zero-order valence-electron chi connectivity index (χ0n) is 13.8. The van der Waals surface area contributed by atoms with Crippen LogP contribution in [0.3, 0.4) is 0 Å². The van der Waals surface area contributed by atoms with E-state index in [0.717, 1.165) is 38.2 Å². The molecule has 0 unspecified atom stereocenters. The number of fused-ring (bicyclic) bond motifs is 1. The number of aromatic nitrogens is 1. The topological polar surface area (TPSA) is 67.8 Å². The third kappa shape index (κ3) is 3.81. The van der Waals surface area contributed by atoms with Crippen molar-refractivity contribution in [3.05, 3.63) is 37.7 Å². The standard InChI is InChI=1S/C16H19BrN4O2S/c1-9-14(24-10(2)21-9)7-20-16(18-3)19-6-11-4-12(17)15-13(5-11)22-8-23-15/h4-5H,6-8H2,1-3H3,(H2,18,19,20). The molecule has 0 saturated carbocycles. The molecule has 24 heavy (non-hydrogen) atoms. The average molecular weight is 411 g/mol. The number of nitrogens with one attached hydrogen (secondary N) is 2. The Labute approximate surface area is 153 Å². The molecule has 0 radical (unpaired) electrons. The van der Waals surface area contributed by atoms with Gasteiger partial charge in [-0.15, -0.1) is 11.3 Å². The van der Waals surface area contributed by atoms with Crippen LogP contribution in [-0.2, 0) is 13.1 Å². The van der Waals surface area contributed by atoms with Crippen molar-refractivity contribution < 1.29 is 9.47 Å². The Balaban J connectivity index is 1.58. The van der Waals surface area contributed by atoms with Crippen molar-refractivity contribution in [1.29, 1.82) is 0 Å². The predicted octanol–water partition coefficient (Wildman–Crippen LogP) is 3.12. The van der Waals surface area contributed by atoms with Crippen LogP contribution < -0.4 is 20.1 Å². The minimum atomic E-state index is 0.266. The van der Waals surface area contributed by atoms with E-state index in [9.17, 15) is 0 Å². The summed E-state index contributed by atoms with van der Waals surface area (Å²) >= 11 is 5.21. The van der Waals surface area contributed by atoms with Gasteiger partial charge in [0, 0.05) is 18.5 Å². The van der Waals surface area contributed by atoms with E-state index in [1.165, 1.54) is 4.88 Å². The molecule has 2 N–H and O–H groups in total. The molecule has 0 saturated heterocycles. The molecule has 0 bridgehead atoms. The summed E-state index contributed by atoms with van der Waals surface area (Å²) in [5.74, 6) is 2.27. The number of benzene rings is 1. The third-order valence-electron chi connectivity index (χ3n) is 3.59. The van der Waals surface area contributed by atoms with Crippen LogP contribution in [0.2, 0.25) is 0 Å². The first-order valence-corrected chi connectivity index (χ1v) is 9.13. The fourth-order valence-electron chi connectivity index (χ4n) is 2.43. The Morgan fingerprint density at radius 3 is 2.79 bits per heavy atom. The van der Waals surface area contributed by atoms with Gasteiger partial charge >= 0.3 is 0 Å². The van der Waals surface area contributed by atoms with E-state index >= 15 is 0 Å². The van der Waals surface area contributed by atoms with Gasteiger partial charge in [-0.05, 0) is 47.5 Å². The molecule has 1 aliphatic heterocycles. The lowest BCUT2D eigenvalue weighted by Crippen LogP contribution is -2.36. The second-order valence-electron chi connectivity index (χ2n) is 5.33. The van der Waals surface area contributed by atoms with Crippen molar-refractivity contribution in [2.75, 3.05) is 13.8 Å². The number of aryl methyl sites for hydroxylation is 2. The number of aliphatic imine (C=N–C) groups is 1. The number of halogens is 1. The molecule has 3 rings (SSSR count). The van der Waals surface area contributed by atoms with Crippen LogP contribution >= 0.6 is 27.3 Å². The third-order valence-corrected chi connectivity index (χ3v) is 5.25. The maximum absolute atomic E-state index is 5.44. The van der Waals surface area contributed by atoms with Gasteiger partial charge in [-0.25, -0.2) is 4.98 Å². The summed E-state index contributed by atoms with van der Waals surface area (Å²) in [5.41, 5.74) is 2.15. The highest BCUT2D eigenvalue weighted by molar-refractivity contribution is 9.10. The van der Waals surface area contributed by atoms with Crippen LogP contribution in [-0.4, -0.2) is 24.8 Å². The zero-order valence-corrected chi connectivity index (χ0v) is 16.2. The number of nitrogens with zero attached hydrogens (tertiary/aromatic N) is 2. The number of thiazole rings is 1. The molecular formula is C16H19BrN4O2S. The Bertz CT molecular complexity index is 776. The summed E-state index contributed by atoms with van der Waals surface area (Å²) in [5, 5.41) is 7.71. The molecule has 0 amide bonds. The molecule has 6 nitrogen and oxygen atoms in total. The van der Waals surface area contributed by atoms with E-state index in [1.807, 2.05) is 26.0 Å². The monoisotopic (exact) mass is 410 g/mol. The lowest BCUT2D eigenvalue weighted by molar-refractivity contribution is 0.173. The van der Waals surface area contributed by atoms with E-state index in [1.54, 1.807) is 18.4 Å². The molecular weight excluding hydrogens is 392 g/mol. The Kier molecular flexibility index (Phi) is 5.25. The smallest absolute Gasteiger partial charge is 0.231 e. The quantitative estimate of drug-likeness (QED) is 0.598. The van der Waals surface area contributed by atoms with E-state index in [4.69, 9.17) is 9.47 Å². The molecule has 1 aliphatic rings. The number of ether oxygens (including phenoxy) is 2. The lowest BCUT2D eigenvalue weighted by atomic mass is 10.2. The van der Waals surface area contributed by atoms with Crippen molar-refractivity contribution in [2.45, 2.75) is 26.9 Å². The van der Waals surface area contributed by atoms with Gasteiger partial charge in [0.05, 0.1) is 21.7 Å². The van der Waals surface area contributed by atoms with Crippen molar-refractivity contribution in [3.8, 4) is 11.5 Å². The molecule has 0 spiro atoms. The highest BCUT2D eigenvalue weighted by atomic mass is 79.9. The van der Waals surface area contributed by atoms with Gasteiger partial charge in [0.15, 0.2) is 17.5 Å². The molecule has 1 aromatic carbocycles.